The highest BCUT2D eigenvalue weighted by atomic mass is 28.4. The maximum Gasteiger partial charge on any atom is 0.734 e. The van der Waals surface area contributed by atoms with Crippen molar-refractivity contribution in [3.8, 4) is 0 Å². The lowest BCUT2D eigenvalue weighted by atomic mass is 10.5. The fraction of sp³-hybridized carbons (Fsp3) is 0.545. The number of carbonyl (C=O) groups is 3. The van der Waals surface area contributed by atoms with Gasteiger partial charge in [0, 0.05) is 25.0 Å². The van der Waals surface area contributed by atoms with Crippen molar-refractivity contribution in [1.82, 2.24) is 0 Å². The van der Waals surface area contributed by atoms with Crippen LogP contribution in [0.15, 0.2) is 12.3 Å². The van der Waals surface area contributed by atoms with Crippen LogP contribution in [0.5, 0.6) is 0 Å². The summed E-state index contributed by atoms with van der Waals surface area (Å²) in [6, 6.07) is 0. The molecule has 18 heavy (non-hydrogen) atoms. The lowest BCUT2D eigenvalue weighted by molar-refractivity contribution is -0.149. The van der Waals surface area contributed by atoms with Crippen LogP contribution in [-0.4, -0.2) is 26.7 Å². The zero-order valence-corrected chi connectivity index (χ0v) is 11.9. The van der Waals surface area contributed by atoms with Crippen LogP contribution in [0.25, 0.3) is 0 Å². The van der Waals surface area contributed by atoms with Gasteiger partial charge in [0.05, 0.1) is 0 Å². The van der Waals surface area contributed by atoms with Gasteiger partial charge in [-0.05, 0) is 0 Å². The van der Waals surface area contributed by atoms with E-state index >= 15 is 0 Å². The predicted octanol–water partition coefficient (Wildman–Crippen LogP) is 1.51. The van der Waals surface area contributed by atoms with Crippen LogP contribution in [0, 0.1) is 0 Å². The van der Waals surface area contributed by atoms with E-state index in [2.05, 4.69) is 6.58 Å². The Kier molecular flexibility index (Phi) is 6.95. The first kappa shape index (κ1) is 16.4. The van der Waals surface area contributed by atoms with E-state index in [4.69, 9.17) is 13.3 Å². The Morgan fingerprint density at radius 1 is 0.889 bits per heavy atom. The summed E-state index contributed by atoms with van der Waals surface area (Å²) in [6.45, 7) is 8.16. The molecule has 0 heterocycles. The molecule has 0 spiro atoms. The van der Waals surface area contributed by atoms with Crippen LogP contribution in [0.3, 0.4) is 0 Å². The quantitative estimate of drug-likeness (QED) is 0.655. The van der Waals surface area contributed by atoms with Gasteiger partial charge in [0.25, 0.3) is 17.9 Å². The highest BCUT2D eigenvalue weighted by Gasteiger charge is 2.49. The van der Waals surface area contributed by atoms with Gasteiger partial charge < -0.3 is 13.3 Å². The first-order chi connectivity index (χ1) is 8.42. The monoisotopic (exact) mass is 274 g/mol. The van der Waals surface area contributed by atoms with Crippen molar-refractivity contribution in [2.24, 2.45) is 0 Å². The average Bonchev–Trinajstić information content (AvgIpc) is 2.37. The van der Waals surface area contributed by atoms with Crippen LogP contribution < -0.4 is 0 Å². The summed E-state index contributed by atoms with van der Waals surface area (Å²) in [5, 5.41) is 0. The molecule has 7 heteroatoms. The van der Waals surface area contributed by atoms with Crippen molar-refractivity contribution in [3.63, 3.8) is 0 Å². The van der Waals surface area contributed by atoms with Crippen LogP contribution in [0.2, 0.25) is 0 Å². The third kappa shape index (κ3) is 5.13. The minimum absolute atomic E-state index is 0.0793. The third-order valence-electron chi connectivity index (χ3n) is 1.88. The van der Waals surface area contributed by atoms with Crippen LogP contribution >= 0.6 is 0 Å². The molecule has 0 atom stereocenters. The van der Waals surface area contributed by atoms with E-state index in [0.29, 0.717) is 0 Å². The van der Waals surface area contributed by atoms with Crippen LogP contribution in [-0.2, 0) is 27.7 Å². The molecule has 0 fully saturated rings. The van der Waals surface area contributed by atoms with Gasteiger partial charge in [-0.1, -0.05) is 27.4 Å². The lowest BCUT2D eigenvalue weighted by Crippen LogP contribution is -2.48. The van der Waals surface area contributed by atoms with Gasteiger partial charge in [-0.2, -0.15) is 0 Å². The minimum Gasteiger partial charge on any atom is -0.452 e. The molecule has 6 nitrogen and oxygen atoms in total. The predicted molar refractivity (Wildman–Crippen MR) is 65.1 cm³/mol. The van der Waals surface area contributed by atoms with E-state index in [1.807, 2.05) is 0 Å². The molecule has 102 valence electrons. The maximum atomic E-state index is 11.3. The molecule has 0 aromatic heterocycles. The van der Waals surface area contributed by atoms with Gasteiger partial charge in [0.2, 0.25) is 0 Å². The zero-order valence-electron chi connectivity index (χ0n) is 10.9. The first-order valence-electron chi connectivity index (χ1n) is 5.72. The fourth-order valence-corrected chi connectivity index (χ4v) is 2.64. The molecule has 0 aliphatic heterocycles. The summed E-state index contributed by atoms with van der Waals surface area (Å²) < 4.78 is 14.9. The Bertz CT molecular complexity index is 293. The number of hydrogen-bond donors (Lipinski definition) is 0. The van der Waals surface area contributed by atoms with E-state index in [9.17, 15) is 14.4 Å². The van der Waals surface area contributed by atoms with E-state index in [1.165, 1.54) is 0 Å². The zero-order chi connectivity index (χ0) is 14.2. The van der Waals surface area contributed by atoms with E-state index in [0.717, 1.165) is 5.70 Å². The molecule has 0 saturated carbocycles. The topological polar surface area (TPSA) is 78.9 Å². The Morgan fingerprint density at radius 3 is 1.33 bits per heavy atom. The summed E-state index contributed by atoms with van der Waals surface area (Å²) >= 11 is 0. The molecule has 0 amide bonds. The number of rotatable bonds is 7. The molecule has 0 unspecified atom stereocenters. The normalized spacial score (nSPS) is 10.4. The van der Waals surface area contributed by atoms with Gasteiger partial charge in [-0.3, -0.25) is 14.4 Å². The molecule has 0 saturated heterocycles. The van der Waals surface area contributed by atoms with Crippen molar-refractivity contribution in [2.75, 3.05) is 0 Å². The minimum atomic E-state index is -3.81. The highest BCUT2D eigenvalue weighted by Crippen LogP contribution is 2.15. The summed E-state index contributed by atoms with van der Waals surface area (Å²) in [5.41, 5.74) is 1.10. The van der Waals surface area contributed by atoms with E-state index < -0.39 is 26.7 Å². The summed E-state index contributed by atoms with van der Waals surface area (Å²) in [6.07, 6.45) is 0.238. The molecular weight excluding hydrogens is 256 g/mol. The second kappa shape index (κ2) is 7.65. The highest BCUT2D eigenvalue weighted by molar-refractivity contribution is 6.70. The van der Waals surface area contributed by atoms with Gasteiger partial charge in [0.15, 0.2) is 0 Å². The van der Waals surface area contributed by atoms with Gasteiger partial charge in [-0.15, -0.1) is 0 Å². The summed E-state index contributed by atoms with van der Waals surface area (Å²) in [4.78, 5) is 33.9. The molecule has 0 aliphatic rings. The van der Waals surface area contributed by atoms with Gasteiger partial charge >= 0.3 is 8.80 Å². The SMILES string of the molecule is C=C[Si](OC(=O)CC)(OC(=O)CC)OC(=O)CC. The summed E-state index contributed by atoms with van der Waals surface area (Å²) in [5.74, 6) is -1.85. The number of hydrogen-bond acceptors (Lipinski definition) is 6. The van der Waals surface area contributed by atoms with Crippen molar-refractivity contribution in [3.05, 3.63) is 12.3 Å². The van der Waals surface area contributed by atoms with Crippen LogP contribution in [0.1, 0.15) is 40.0 Å². The maximum absolute atomic E-state index is 11.3. The molecule has 0 aromatic carbocycles. The molecule has 0 aromatic rings. The lowest BCUT2D eigenvalue weighted by Gasteiger charge is -2.24. The Balaban J connectivity index is 5.04. The van der Waals surface area contributed by atoms with E-state index in [-0.39, 0.29) is 19.3 Å². The smallest absolute Gasteiger partial charge is 0.452 e. The first-order valence-corrected chi connectivity index (χ1v) is 7.52. The standard InChI is InChI=1S/C11H18O6Si/c1-5-9(12)15-18(8-4,16-10(13)6-2)17-11(14)7-3/h8H,4-7H2,1-3H3. The van der Waals surface area contributed by atoms with Crippen molar-refractivity contribution in [2.45, 2.75) is 40.0 Å². The Labute approximate surface area is 107 Å². The largest absolute Gasteiger partial charge is 0.734 e. The molecule has 0 radical (unpaired) electrons. The molecule has 0 bridgehead atoms. The van der Waals surface area contributed by atoms with Crippen molar-refractivity contribution in [1.29, 1.82) is 0 Å². The van der Waals surface area contributed by atoms with E-state index in [1.54, 1.807) is 20.8 Å². The van der Waals surface area contributed by atoms with Crippen molar-refractivity contribution >= 4 is 26.7 Å². The molecule has 0 N–H and O–H groups in total. The van der Waals surface area contributed by atoms with Gasteiger partial charge in [0.1, 0.15) is 0 Å². The molecule has 0 rings (SSSR count). The summed E-state index contributed by atoms with van der Waals surface area (Å²) in [7, 11) is -3.81. The molecule has 0 aliphatic carbocycles. The Morgan fingerprint density at radius 2 is 1.17 bits per heavy atom. The Hall–Kier alpha value is -1.63. The second-order valence-electron chi connectivity index (χ2n) is 3.29. The fourth-order valence-electron chi connectivity index (χ4n) is 0.880. The van der Waals surface area contributed by atoms with Gasteiger partial charge in [-0.25, -0.2) is 0 Å². The number of carbonyl (C=O) groups excluding carboxylic acids is 3. The molecular formula is C11H18O6Si. The van der Waals surface area contributed by atoms with Crippen LogP contribution in [0.4, 0.5) is 0 Å². The second-order valence-corrected chi connectivity index (χ2v) is 5.52. The third-order valence-corrected chi connectivity index (χ3v) is 3.92. The average molecular weight is 274 g/mol. The van der Waals surface area contributed by atoms with Crippen molar-refractivity contribution < 1.29 is 27.7 Å².